The number of rotatable bonds is 4. The molecule has 0 spiro atoms. The van der Waals surface area contributed by atoms with Crippen molar-refractivity contribution in [1.82, 2.24) is 0 Å². The average Bonchev–Trinajstić information content (AvgIpc) is 2.45. The van der Waals surface area contributed by atoms with Crippen molar-refractivity contribution in [3.63, 3.8) is 0 Å². The Kier molecular flexibility index (Phi) is 4.18. The van der Waals surface area contributed by atoms with Crippen LogP contribution in [-0.2, 0) is 5.97 Å². The number of carboxylic acids is 1. The van der Waals surface area contributed by atoms with Gasteiger partial charge in [-0.25, -0.2) is 4.79 Å². The SMILES string of the molecule is O=C(O)c1ccc(C=Cc2ccc(C(O)(O)O)cc2)cc1. The Morgan fingerprint density at radius 2 is 1.24 bits per heavy atom. The molecule has 0 radical (unpaired) electrons. The average molecular weight is 286 g/mol. The summed E-state index contributed by atoms with van der Waals surface area (Å²) in [5, 5.41) is 35.8. The molecular weight excluding hydrogens is 272 g/mol. The first-order valence-electron chi connectivity index (χ1n) is 6.15. The third-order valence-corrected chi connectivity index (χ3v) is 2.92. The van der Waals surface area contributed by atoms with E-state index in [1.807, 2.05) is 0 Å². The molecule has 0 amide bonds. The van der Waals surface area contributed by atoms with Crippen molar-refractivity contribution in [3.05, 3.63) is 70.8 Å². The van der Waals surface area contributed by atoms with Gasteiger partial charge >= 0.3 is 11.9 Å². The molecule has 21 heavy (non-hydrogen) atoms. The molecule has 108 valence electrons. The molecule has 0 saturated carbocycles. The van der Waals surface area contributed by atoms with Crippen LogP contribution >= 0.6 is 0 Å². The Hall–Kier alpha value is -2.47. The third kappa shape index (κ3) is 4.00. The minimum Gasteiger partial charge on any atom is -0.478 e. The summed E-state index contributed by atoms with van der Waals surface area (Å²) in [5.41, 5.74) is 1.84. The molecule has 0 aromatic heterocycles. The van der Waals surface area contributed by atoms with Gasteiger partial charge in [-0.05, 0) is 23.3 Å². The summed E-state index contributed by atoms with van der Waals surface area (Å²) in [4.78, 5) is 10.7. The van der Waals surface area contributed by atoms with Crippen LogP contribution in [0, 0.1) is 0 Å². The van der Waals surface area contributed by atoms with Crippen LogP contribution in [-0.4, -0.2) is 26.4 Å². The van der Waals surface area contributed by atoms with E-state index in [0.29, 0.717) is 0 Å². The number of aliphatic hydroxyl groups is 3. The predicted octanol–water partition coefficient (Wildman–Crippen LogP) is 1.64. The van der Waals surface area contributed by atoms with E-state index in [4.69, 9.17) is 20.4 Å². The van der Waals surface area contributed by atoms with E-state index in [1.54, 1.807) is 36.4 Å². The number of aromatic carboxylic acids is 1. The normalized spacial score (nSPS) is 11.8. The van der Waals surface area contributed by atoms with Gasteiger partial charge in [0.2, 0.25) is 0 Å². The second-order valence-electron chi connectivity index (χ2n) is 4.52. The highest BCUT2D eigenvalue weighted by atomic mass is 16.7. The lowest BCUT2D eigenvalue weighted by molar-refractivity contribution is -0.323. The summed E-state index contributed by atoms with van der Waals surface area (Å²) in [6.45, 7) is 0. The summed E-state index contributed by atoms with van der Waals surface area (Å²) in [6, 6.07) is 12.4. The fraction of sp³-hybridized carbons (Fsp3) is 0.0625. The van der Waals surface area contributed by atoms with Crippen LogP contribution in [0.2, 0.25) is 0 Å². The fourth-order valence-electron chi connectivity index (χ4n) is 1.75. The second-order valence-corrected chi connectivity index (χ2v) is 4.52. The molecule has 0 aliphatic rings. The summed E-state index contributed by atoms with van der Waals surface area (Å²) < 4.78 is 0. The van der Waals surface area contributed by atoms with Crippen LogP contribution < -0.4 is 0 Å². The predicted molar refractivity (Wildman–Crippen MR) is 77.1 cm³/mol. The van der Waals surface area contributed by atoms with Gasteiger partial charge in [-0.15, -0.1) is 0 Å². The Bertz CT molecular complexity index is 649. The largest absolute Gasteiger partial charge is 0.478 e. The minimum absolute atomic E-state index is 0.0227. The quantitative estimate of drug-likeness (QED) is 0.506. The van der Waals surface area contributed by atoms with Gasteiger partial charge in [0.25, 0.3) is 0 Å². The highest BCUT2D eigenvalue weighted by Crippen LogP contribution is 2.16. The Balaban J connectivity index is 2.12. The van der Waals surface area contributed by atoms with E-state index in [-0.39, 0.29) is 11.1 Å². The maximum absolute atomic E-state index is 10.7. The zero-order chi connectivity index (χ0) is 15.5. The number of benzene rings is 2. The van der Waals surface area contributed by atoms with Gasteiger partial charge in [-0.1, -0.05) is 48.6 Å². The highest BCUT2D eigenvalue weighted by molar-refractivity contribution is 5.88. The zero-order valence-corrected chi connectivity index (χ0v) is 11.0. The van der Waals surface area contributed by atoms with Gasteiger partial charge in [-0.2, -0.15) is 0 Å². The maximum Gasteiger partial charge on any atom is 0.335 e. The monoisotopic (exact) mass is 286 g/mol. The van der Waals surface area contributed by atoms with Crippen molar-refractivity contribution in [3.8, 4) is 0 Å². The van der Waals surface area contributed by atoms with E-state index in [9.17, 15) is 4.79 Å². The van der Waals surface area contributed by atoms with Crippen LogP contribution in [0.3, 0.4) is 0 Å². The van der Waals surface area contributed by atoms with Crippen molar-refractivity contribution in [2.24, 2.45) is 0 Å². The first-order chi connectivity index (χ1) is 9.86. The molecule has 0 saturated heterocycles. The van der Waals surface area contributed by atoms with Crippen LogP contribution in [0.15, 0.2) is 48.5 Å². The minimum atomic E-state index is -2.84. The molecule has 0 fully saturated rings. The second kappa shape index (κ2) is 5.88. The summed E-state index contributed by atoms with van der Waals surface area (Å²) in [6.07, 6.45) is 3.58. The van der Waals surface area contributed by atoms with Crippen LogP contribution in [0.4, 0.5) is 0 Å². The van der Waals surface area contributed by atoms with Crippen LogP contribution in [0.5, 0.6) is 0 Å². The smallest absolute Gasteiger partial charge is 0.335 e. The van der Waals surface area contributed by atoms with Crippen LogP contribution in [0.1, 0.15) is 27.0 Å². The topological polar surface area (TPSA) is 98.0 Å². The van der Waals surface area contributed by atoms with Gasteiger partial charge in [-0.3, -0.25) is 0 Å². The molecule has 5 heteroatoms. The highest BCUT2D eigenvalue weighted by Gasteiger charge is 2.20. The molecule has 5 nitrogen and oxygen atoms in total. The molecule has 0 bridgehead atoms. The zero-order valence-electron chi connectivity index (χ0n) is 11.0. The number of hydrogen-bond donors (Lipinski definition) is 4. The van der Waals surface area contributed by atoms with E-state index >= 15 is 0 Å². The number of carboxylic acid groups (broad SMARTS) is 1. The van der Waals surface area contributed by atoms with E-state index in [2.05, 4.69) is 0 Å². The molecule has 2 aromatic rings. The van der Waals surface area contributed by atoms with Gasteiger partial charge in [0.05, 0.1) is 5.56 Å². The Labute approximate surface area is 121 Å². The van der Waals surface area contributed by atoms with E-state index in [0.717, 1.165) is 11.1 Å². The molecule has 0 aliphatic carbocycles. The molecule has 0 unspecified atom stereocenters. The van der Waals surface area contributed by atoms with Crippen molar-refractivity contribution in [2.75, 3.05) is 0 Å². The molecule has 2 aromatic carbocycles. The van der Waals surface area contributed by atoms with Gasteiger partial charge < -0.3 is 20.4 Å². The van der Waals surface area contributed by atoms with Crippen LogP contribution in [0.25, 0.3) is 12.2 Å². The van der Waals surface area contributed by atoms with E-state index < -0.39 is 11.9 Å². The summed E-state index contributed by atoms with van der Waals surface area (Å²) in [7, 11) is 0. The van der Waals surface area contributed by atoms with Crippen molar-refractivity contribution >= 4 is 18.1 Å². The lowest BCUT2D eigenvalue weighted by Gasteiger charge is -2.13. The molecule has 4 N–H and O–H groups in total. The van der Waals surface area contributed by atoms with Crippen molar-refractivity contribution < 1.29 is 25.2 Å². The standard InChI is InChI=1S/C16H14O5/c17-15(18)13-7-3-11(4-8-13)1-2-12-5-9-14(10-6-12)16(19,20)21/h1-10,19-21H,(H,17,18). The first kappa shape index (κ1) is 14.9. The molecule has 0 heterocycles. The van der Waals surface area contributed by atoms with Crippen molar-refractivity contribution in [1.29, 1.82) is 0 Å². The van der Waals surface area contributed by atoms with Gasteiger partial charge in [0.1, 0.15) is 0 Å². The lowest BCUT2D eigenvalue weighted by atomic mass is 10.1. The molecule has 0 atom stereocenters. The van der Waals surface area contributed by atoms with Gasteiger partial charge in [0.15, 0.2) is 0 Å². The van der Waals surface area contributed by atoms with Crippen molar-refractivity contribution in [2.45, 2.75) is 5.97 Å². The Morgan fingerprint density at radius 3 is 1.62 bits per heavy atom. The fourth-order valence-corrected chi connectivity index (χ4v) is 1.75. The molecule has 0 aliphatic heterocycles. The maximum atomic E-state index is 10.7. The number of carbonyl (C=O) groups is 1. The first-order valence-corrected chi connectivity index (χ1v) is 6.15. The molecular formula is C16H14O5. The van der Waals surface area contributed by atoms with Gasteiger partial charge in [0, 0.05) is 5.56 Å². The van der Waals surface area contributed by atoms with E-state index in [1.165, 1.54) is 24.3 Å². The lowest BCUT2D eigenvalue weighted by Crippen LogP contribution is -2.23. The Morgan fingerprint density at radius 1 is 0.810 bits per heavy atom. The number of hydrogen-bond acceptors (Lipinski definition) is 4. The summed E-state index contributed by atoms with van der Waals surface area (Å²) >= 11 is 0. The third-order valence-electron chi connectivity index (χ3n) is 2.92. The molecule has 2 rings (SSSR count). The summed E-state index contributed by atoms with van der Waals surface area (Å²) in [5.74, 6) is -3.81.